The molecule has 29 heteroatoms. The molecule has 70 heavy (non-hydrogen) atoms. The normalized spacial score (nSPS) is 32.2. The molecule has 0 saturated carbocycles. The molecule has 0 aliphatic carbocycles. The Morgan fingerprint density at radius 2 is 0.829 bits per heavy atom. The van der Waals surface area contributed by atoms with Gasteiger partial charge in [-0.05, 0) is 20.8 Å². The van der Waals surface area contributed by atoms with Crippen molar-refractivity contribution in [2.24, 2.45) is 5.73 Å². The van der Waals surface area contributed by atoms with E-state index in [1.54, 1.807) is 0 Å². The van der Waals surface area contributed by atoms with Crippen molar-refractivity contribution >= 4 is 35.3 Å². The number of aliphatic hydroxyl groups is 9. The fraction of sp³-hybridized carbons (Fsp3) is 0.732. The summed E-state index contributed by atoms with van der Waals surface area (Å²) in [5.74, 6) is -5.10. The summed E-state index contributed by atoms with van der Waals surface area (Å²) in [5.41, 5.74) is 6.13. The minimum absolute atomic E-state index is 0. The maximum atomic E-state index is 14.2. The third kappa shape index (κ3) is 21.3. The number of Topliss-reactive ketones (excluding diaryl/α,β-unsaturated/α-hetero) is 1. The minimum atomic E-state index is -1.88. The van der Waals surface area contributed by atoms with Crippen LogP contribution in [0.25, 0.3) is 0 Å². The Bertz CT molecular complexity index is 1590. The van der Waals surface area contributed by atoms with Crippen molar-refractivity contribution < 1.29 is 207 Å². The van der Waals surface area contributed by atoms with Gasteiger partial charge in [0.05, 0.1) is 38.6 Å². The first kappa shape index (κ1) is 78.5. The third-order valence-electron chi connectivity index (χ3n) is 10.5. The molecule has 16 N–H and O–H groups in total. The van der Waals surface area contributed by atoms with Gasteiger partial charge in [-0.2, -0.15) is 0 Å². The molecule has 0 radical (unpaired) electrons. The number of nitrogens with one attached hydrogen (secondary N) is 5. The van der Waals surface area contributed by atoms with Crippen molar-refractivity contribution in [1.29, 1.82) is 0 Å². The second-order valence-corrected chi connectivity index (χ2v) is 15.5. The molecule has 0 bridgehead atoms. The fourth-order valence-corrected chi connectivity index (χ4v) is 7.09. The summed E-state index contributed by atoms with van der Waals surface area (Å²) in [5, 5.41) is 104. The molecule has 3 aliphatic rings. The van der Waals surface area contributed by atoms with Crippen molar-refractivity contribution in [1.82, 2.24) is 26.6 Å². The number of carbonyl (C=O) groups excluding carboxylic acids is 6. The van der Waals surface area contributed by atoms with Crippen LogP contribution in [0, 0.1) is 37.1 Å². The first-order valence-electron chi connectivity index (χ1n) is 20.0. The number of rotatable bonds is 20. The van der Waals surface area contributed by atoms with E-state index in [1.807, 2.05) is 0 Å². The second-order valence-electron chi connectivity index (χ2n) is 15.5. The Kier molecular flexibility index (Phi) is 41.1. The van der Waals surface area contributed by atoms with Crippen molar-refractivity contribution in [2.45, 2.75) is 164 Å². The van der Waals surface area contributed by atoms with Gasteiger partial charge in [0.1, 0.15) is 91.2 Å². The fourth-order valence-electron chi connectivity index (χ4n) is 7.09. The Labute approximate surface area is 497 Å². The summed E-state index contributed by atoms with van der Waals surface area (Å²) in [6.07, 6.45) is -22.3. The molecule has 27 nitrogen and oxygen atoms in total. The third-order valence-corrected chi connectivity index (χ3v) is 10.5. The number of ketones is 1. The van der Waals surface area contributed by atoms with Gasteiger partial charge in [0.25, 0.3) is 0 Å². The van der Waals surface area contributed by atoms with Gasteiger partial charge in [-0.3, -0.25) is 28.8 Å². The van der Waals surface area contributed by atoms with Gasteiger partial charge in [0.2, 0.25) is 29.5 Å². The van der Waals surface area contributed by atoms with E-state index in [0.29, 0.717) is 0 Å². The second kappa shape index (κ2) is 36.6. The Hall–Kier alpha value is -0.347. The molecule has 3 fully saturated rings. The Morgan fingerprint density at radius 1 is 0.529 bits per heavy atom. The molecule has 11 unspecified atom stereocenters. The maximum absolute atomic E-state index is 14.2. The summed E-state index contributed by atoms with van der Waals surface area (Å²) in [7, 11) is 0. The van der Waals surface area contributed by atoms with Crippen LogP contribution in [-0.4, -0.2) is 230 Å². The molecule has 3 saturated heterocycles. The zero-order valence-corrected chi connectivity index (χ0v) is 48.6. The largest absolute Gasteiger partial charge is 1.00 e. The first-order valence-corrected chi connectivity index (χ1v) is 20.0. The van der Waals surface area contributed by atoms with Crippen LogP contribution in [0.15, 0.2) is 0 Å². The monoisotopic (exact) mass is 1070 g/mol. The summed E-state index contributed by atoms with van der Waals surface area (Å²) < 4.78 is 34.1. The minimum Gasteiger partial charge on any atom is -1.00 e. The summed E-state index contributed by atoms with van der Waals surface area (Å²) >= 11 is 0. The van der Waals surface area contributed by atoms with Crippen molar-refractivity contribution in [3.8, 4) is 0 Å². The van der Waals surface area contributed by atoms with Crippen molar-refractivity contribution in [3.63, 3.8) is 0 Å². The van der Waals surface area contributed by atoms with E-state index in [-0.39, 0.29) is 141 Å². The van der Waals surface area contributed by atoms with Gasteiger partial charge in [-0.15, -0.1) is 0 Å². The van der Waals surface area contributed by atoms with Crippen LogP contribution in [0.2, 0.25) is 0 Å². The zero-order valence-electron chi connectivity index (χ0n) is 43.4. The molecule has 3 heterocycles. The van der Waals surface area contributed by atoms with Crippen LogP contribution in [-0.2, 0) is 57.2 Å². The van der Waals surface area contributed by atoms with E-state index in [2.05, 4.69) is 26.6 Å². The molecular weight excluding hydrogens is 991 g/mol. The van der Waals surface area contributed by atoms with Gasteiger partial charge < -0.3 is 145 Å². The van der Waals surface area contributed by atoms with E-state index >= 15 is 0 Å². The molecule has 0 aromatic rings. The SMILES string of the molecule is CC(=O)NC1[C@@H](OCC(N)C(=O)NC(C(=O)NC(C(C)=O)C(C)O[C@H]2OC(CO)[C@H](O)[C@H](O)C2NC(C)=O)C(C)O[C@H]2OC(CO)[C@H](O)[C@H](O)C2NC(C)=O)OC(CO)[C@H](O)[C@@H]1O.[CH3-].[CH3-].[CH3-].[CH3-].[CH3-].[H-].[K+].[K+]. The molecule has 0 aromatic carbocycles. The molecule has 0 spiro atoms. The standard InChI is InChI=1S/C36H62N6O21.5CH3.2K.H/c1-11(46)21(12(2)59-35-24(39-15(5)48)30(54)27(51)19(8-44)62-35)41-33(57)22(13(3)60-36-25(40-16(6)49)31(55)28(52)20(9-45)63-36)42-32(56)17(37)10-58-34-23(38-14(4)47)29(53)26(50)18(7-43)61-34;;;;;;;;/h12-13,17-31,34-36,43-45,50-55H,7-10,37H2,1-6H3,(H,38,47)(H,39,48)(H,40,49)(H,41,57)(H,42,56);5*1H3;;;/q;5*-1;2*+1;-1/t12?,13?,17?,18?,19?,20?,21?,22?,23?,24?,25?,26-,27-,28-,29+,30+,31+,34-,35-,36-;;;;;;;;/m0......../s1. The number of carbonyl (C=O) groups is 6. The predicted molar refractivity (Wildman–Crippen MR) is 239 cm³/mol. The molecule has 0 aromatic heterocycles. The molecular formula is C41H78K2N6O21-4. The van der Waals surface area contributed by atoms with Gasteiger partial charge in [0, 0.05) is 20.8 Å². The first-order chi connectivity index (χ1) is 29.5. The zero-order chi connectivity index (χ0) is 47.6. The average molecular weight is 1070 g/mol. The smallest absolute Gasteiger partial charge is 1.00 e. The van der Waals surface area contributed by atoms with Gasteiger partial charge in [-0.1, -0.05) is 0 Å². The molecule has 5 amide bonds. The van der Waals surface area contributed by atoms with Crippen molar-refractivity contribution in [3.05, 3.63) is 37.1 Å². The number of amides is 5. The van der Waals surface area contributed by atoms with E-state index in [4.69, 9.17) is 34.2 Å². The number of aliphatic hydroxyl groups excluding tert-OH is 9. The van der Waals surface area contributed by atoms with Crippen LogP contribution in [0.5, 0.6) is 0 Å². The number of hydrogen-bond acceptors (Lipinski definition) is 22. The topological polar surface area (TPSA) is 426 Å². The van der Waals surface area contributed by atoms with Gasteiger partial charge in [-0.25, -0.2) is 0 Å². The predicted octanol–water partition coefficient (Wildman–Crippen LogP) is -13.1. The average Bonchev–Trinajstić information content (AvgIpc) is 3.21. The summed E-state index contributed by atoms with van der Waals surface area (Å²) in [6, 6.07) is -9.53. The molecule has 3 rings (SSSR count). The number of nitrogens with two attached hydrogens (primary N) is 1. The summed E-state index contributed by atoms with van der Waals surface area (Å²) in [6.45, 7) is 3.70. The van der Waals surface area contributed by atoms with E-state index in [0.717, 1.165) is 27.7 Å². The van der Waals surface area contributed by atoms with E-state index < -0.39 is 184 Å². The molecule has 3 aliphatic heterocycles. The Balaban J connectivity index is -0.00000132. The van der Waals surface area contributed by atoms with Crippen LogP contribution in [0.3, 0.4) is 0 Å². The van der Waals surface area contributed by atoms with Gasteiger partial charge in [0.15, 0.2) is 24.7 Å². The number of ether oxygens (including phenoxy) is 6. The van der Waals surface area contributed by atoms with Crippen LogP contribution < -0.4 is 135 Å². The number of hydrogen-bond donors (Lipinski definition) is 15. The Morgan fingerprint density at radius 3 is 1.14 bits per heavy atom. The molecule has 20 atom stereocenters. The van der Waals surface area contributed by atoms with Crippen LogP contribution >= 0.6 is 0 Å². The maximum Gasteiger partial charge on any atom is 1.00 e. The quantitative estimate of drug-likeness (QED) is 0.0398. The van der Waals surface area contributed by atoms with E-state index in [9.17, 15) is 74.7 Å². The van der Waals surface area contributed by atoms with E-state index in [1.165, 1.54) is 13.8 Å². The van der Waals surface area contributed by atoms with Crippen LogP contribution in [0.1, 0.15) is 43.0 Å². The summed E-state index contributed by atoms with van der Waals surface area (Å²) in [4.78, 5) is 76.9. The van der Waals surface area contributed by atoms with Crippen molar-refractivity contribution in [2.75, 3.05) is 26.4 Å². The van der Waals surface area contributed by atoms with Crippen LogP contribution in [0.4, 0.5) is 0 Å². The van der Waals surface area contributed by atoms with Gasteiger partial charge >= 0.3 is 103 Å². The molecule has 404 valence electrons.